The highest BCUT2D eigenvalue weighted by Crippen LogP contribution is 2.42. The zero-order valence-electron chi connectivity index (χ0n) is 25.7. The predicted octanol–water partition coefficient (Wildman–Crippen LogP) is 13.0. The van der Waals surface area contributed by atoms with Crippen LogP contribution >= 0.6 is 22.7 Å². The number of hydrogen-bond donors (Lipinski definition) is 0. The molecule has 3 heterocycles. The molecule has 224 valence electrons. The van der Waals surface area contributed by atoms with Crippen LogP contribution in [0.2, 0.25) is 0 Å². The Labute approximate surface area is 285 Å². The van der Waals surface area contributed by atoms with E-state index in [0.717, 1.165) is 33.5 Å². The van der Waals surface area contributed by atoms with Crippen LogP contribution < -0.4 is 0 Å². The van der Waals surface area contributed by atoms with Crippen LogP contribution in [0.25, 0.3) is 96.1 Å². The fraction of sp³-hybridized carbons (Fsp3) is 0. The molecular weight excluding hydrogens is 621 g/mol. The number of rotatable bonds is 4. The van der Waals surface area contributed by atoms with E-state index in [0.29, 0.717) is 0 Å². The number of para-hydroxylation sites is 2. The van der Waals surface area contributed by atoms with E-state index in [1.807, 2.05) is 46.9 Å². The number of benzene rings is 7. The summed E-state index contributed by atoms with van der Waals surface area (Å²) >= 11 is 3.71. The van der Waals surface area contributed by atoms with E-state index in [2.05, 4.69) is 133 Å². The monoisotopic (exact) mass is 646 g/mol. The Hall–Kier alpha value is -5.68. The van der Waals surface area contributed by atoms with E-state index >= 15 is 0 Å². The minimum Gasteiger partial charge on any atom is -0.244 e. The van der Waals surface area contributed by atoms with Crippen LogP contribution in [0.5, 0.6) is 0 Å². The maximum absolute atomic E-state index is 5.20. The molecule has 0 saturated carbocycles. The summed E-state index contributed by atoms with van der Waals surface area (Å²) in [5.41, 5.74) is 10.6. The molecule has 0 spiro atoms. The second-order valence-corrected chi connectivity index (χ2v) is 14.3. The summed E-state index contributed by atoms with van der Waals surface area (Å²) in [7, 11) is 0. The first-order chi connectivity index (χ1) is 23.8. The smallest absolute Gasteiger partial charge is 0.0973 e. The van der Waals surface area contributed by atoms with E-state index in [1.54, 1.807) is 0 Å². The van der Waals surface area contributed by atoms with Crippen molar-refractivity contribution in [3.8, 4) is 44.8 Å². The van der Waals surface area contributed by atoms with E-state index < -0.39 is 0 Å². The van der Waals surface area contributed by atoms with Crippen molar-refractivity contribution in [3.63, 3.8) is 0 Å². The van der Waals surface area contributed by atoms with Gasteiger partial charge in [0.2, 0.25) is 0 Å². The molecule has 0 radical (unpaired) electrons. The quantitative estimate of drug-likeness (QED) is 0.190. The molecule has 0 aliphatic heterocycles. The lowest BCUT2D eigenvalue weighted by molar-refractivity contribution is 1.29. The fourth-order valence-corrected chi connectivity index (χ4v) is 9.31. The minimum atomic E-state index is 0.887. The fourth-order valence-electron chi connectivity index (χ4n) is 7.05. The highest BCUT2D eigenvalue weighted by Gasteiger charge is 2.16. The van der Waals surface area contributed by atoms with Crippen molar-refractivity contribution in [2.24, 2.45) is 0 Å². The number of thiophene rings is 2. The Morgan fingerprint density at radius 1 is 0.312 bits per heavy atom. The Morgan fingerprint density at radius 2 is 0.688 bits per heavy atom. The Kier molecular flexibility index (Phi) is 6.26. The summed E-state index contributed by atoms with van der Waals surface area (Å²) in [6.07, 6.45) is 0. The van der Waals surface area contributed by atoms with E-state index in [9.17, 15) is 0 Å². The first-order valence-electron chi connectivity index (χ1n) is 16.1. The molecule has 0 saturated heterocycles. The average Bonchev–Trinajstić information content (AvgIpc) is 3.73. The molecule has 4 heteroatoms. The molecule has 0 atom stereocenters. The van der Waals surface area contributed by atoms with Crippen LogP contribution in [-0.2, 0) is 0 Å². The molecular formula is C44H26N2S2. The lowest BCUT2D eigenvalue weighted by Gasteiger charge is -2.13. The van der Waals surface area contributed by atoms with Gasteiger partial charge in [-0.05, 0) is 58.7 Å². The highest BCUT2D eigenvalue weighted by atomic mass is 32.1. The number of hydrogen-bond acceptors (Lipinski definition) is 4. The van der Waals surface area contributed by atoms with Gasteiger partial charge in [-0.25, -0.2) is 9.97 Å². The zero-order chi connectivity index (χ0) is 31.6. The molecule has 0 amide bonds. The molecule has 3 aromatic heterocycles. The number of nitrogens with zero attached hydrogens (tertiary/aromatic N) is 2. The van der Waals surface area contributed by atoms with Crippen LogP contribution in [0.4, 0.5) is 0 Å². The molecule has 0 bridgehead atoms. The van der Waals surface area contributed by atoms with Crippen molar-refractivity contribution in [2.75, 3.05) is 0 Å². The van der Waals surface area contributed by atoms with Crippen LogP contribution in [0.15, 0.2) is 158 Å². The van der Waals surface area contributed by atoms with Gasteiger partial charge in [-0.3, -0.25) is 0 Å². The van der Waals surface area contributed by atoms with E-state index in [-0.39, 0.29) is 0 Å². The van der Waals surface area contributed by atoms with Crippen LogP contribution in [0.1, 0.15) is 0 Å². The number of fused-ring (bicyclic) bond motifs is 7. The Bertz CT molecular complexity index is 2630. The minimum absolute atomic E-state index is 0.887. The van der Waals surface area contributed by atoms with Gasteiger partial charge in [-0.1, -0.05) is 121 Å². The van der Waals surface area contributed by atoms with Gasteiger partial charge in [0.1, 0.15) is 0 Å². The van der Waals surface area contributed by atoms with Gasteiger partial charge < -0.3 is 0 Å². The van der Waals surface area contributed by atoms with E-state index in [1.165, 1.54) is 62.6 Å². The van der Waals surface area contributed by atoms with Crippen molar-refractivity contribution in [3.05, 3.63) is 158 Å². The summed E-state index contributed by atoms with van der Waals surface area (Å²) < 4.78 is 5.26. The van der Waals surface area contributed by atoms with E-state index in [4.69, 9.17) is 9.97 Å². The van der Waals surface area contributed by atoms with Crippen LogP contribution in [0.3, 0.4) is 0 Å². The summed E-state index contributed by atoms with van der Waals surface area (Å²) in [5, 5.41) is 5.27. The van der Waals surface area contributed by atoms with Gasteiger partial charge in [0, 0.05) is 51.5 Å². The second-order valence-electron chi connectivity index (χ2n) is 12.1. The molecule has 7 aromatic carbocycles. The topological polar surface area (TPSA) is 25.8 Å². The summed E-state index contributed by atoms with van der Waals surface area (Å²) in [6, 6.07) is 56.5. The summed E-state index contributed by atoms with van der Waals surface area (Å²) in [4.78, 5) is 10.4. The lowest BCUT2D eigenvalue weighted by atomic mass is 9.95. The van der Waals surface area contributed by atoms with Crippen LogP contribution in [-0.4, -0.2) is 9.97 Å². The molecule has 0 unspecified atom stereocenters. The standard InChI is InChI=1S/C44H26N2S2/c1-5-15-37-33(9-1)41-31(11-7-17-39(41)47-37)27-19-23-29(24-20-27)43-44(46-36-14-4-3-13-35(36)45-43)30-25-21-28(22-26-30)32-12-8-18-40-42(32)34-10-2-6-16-38(34)48-40/h1-26H. The van der Waals surface area contributed by atoms with Crippen molar-refractivity contribution in [1.82, 2.24) is 9.97 Å². The molecule has 0 aliphatic rings. The van der Waals surface area contributed by atoms with Gasteiger partial charge in [-0.2, -0.15) is 0 Å². The average molecular weight is 647 g/mol. The molecule has 48 heavy (non-hydrogen) atoms. The third-order valence-corrected chi connectivity index (χ3v) is 11.6. The maximum Gasteiger partial charge on any atom is 0.0973 e. The highest BCUT2D eigenvalue weighted by molar-refractivity contribution is 7.26. The molecule has 0 aliphatic carbocycles. The van der Waals surface area contributed by atoms with Crippen molar-refractivity contribution >= 4 is 74.1 Å². The van der Waals surface area contributed by atoms with Gasteiger partial charge in [-0.15, -0.1) is 22.7 Å². The SMILES string of the molecule is c1ccc2nc(-c3ccc(-c4cccc5sc6ccccc6c45)cc3)c(-c3ccc(-c4cccc5sc6ccccc6c45)cc3)nc2c1. The normalized spacial score (nSPS) is 11.8. The molecule has 10 aromatic rings. The Morgan fingerprint density at radius 3 is 1.15 bits per heavy atom. The third kappa shape index (κ3) is 4.38. The van der Waals surface area contributed by atoms with Crippen molar-refractivity contribution in [1.29, 1.82) is 0 Å². The summed E-state index contributed by atoms with van der Waals surface area (Å²) in [5.74, 6) is 0. The van der Waals surface area contributed by atoms with Gasteiger partial charge in [0.15, 0.2) is 0 Å². The second kappa shape index (κ2) is 11.0. The van der Waals surface area contributed by atoms with Crippen molar-refractivity contribution < 1.29 is 0 Å². The van der Waals surface area contributed by atoms with Gasteiger partial charge in [0.25, 0.3) is 0 Å². The summed E-state index contributed by atoms with van der Waals surface area (Å²) in [6.45, 7) is 0. The Balaban J connectivity index is 1.08. The molecule has 0 N–H and O–H groups in total. The van der Waals surface area contributed by atoms with Gasteiger partial charge in [0.05, 0.1) is 22.4 Å². The van der Waals surface area contributed by atoms with Crippen LogP contribution in [0, 0.1) is 0 Å². The van der Waals surface area contributed by atoms with Crippen molar-refractivity contribution in [2.45, 2.75) is 0 Å². The van der Waals surface area contributed by atoms with Gasteiger partial charge >= 0.3 is 0 Å². The first-order valence-corrected chi connectivity index (χ1v) is 17.7. The molecule has 2 nitrogen and oxygen atoms in total. The first kappa shape index (κ1) is 27.4. The predicted molar refractivity (Wildman–Crippen MR) is 207 cm³/mol. The zero-order valence-corrected chi connectivity index (χ0v) is 27.4. The largest absolute Gasteiger partial charge is 0.244 e. The molecule has 10 rings (SSSR count). The lowest BCUT2D eigenvalue weighted by Crippen LogP contribution is -1.95. The third-order valence-electron chi connectivity index (χ3n) is 9.31. The number of aromatic nitrogens is 2. The maximum atomic E-state index is 5.20. The molecule has 0 fully saturated rings.